The highest BCUT2D eigenvalue weighted by Gasteiger charge is 2.43. The minimum atomic E-state index is -1.01. The van der Waals surface area contributed by atoms with Gasteiger partial charge in [-0.15, -0.1) is 0 Å². The van der Waals surface area contributed by atoms with Crippen LogP contribution in [0.3, 0.4) is 0 Å². The van der Waals surface area contributed by atoms with Crippen LogP contribution in [0.15, 0.2) is 0 Å². The highest BCUT2D eigenvalue weighted by molar-refractivity contribution is 6.53. The third kappa shape index (κ3) is 3.25. The number of hydrogen-bond donors (Lipinski definition) is 0. The Morgan fingerprint density at radius 1 is 1.56 bits per heavy atom. The molecule has 0 aliphatic carbocycles. The lowest BCUT2D eigenvalue weighted by molar-refractivity contribution is -0.144. The fraction of sp³-hybridized carbons (Fsp3) is 0.909. The molecule has 3 nitrogen and oxygen atoms in total. The van der Waals surface area contributed by atoms with Crippen molar-refractivity contribution in [3.8, 4) is 0 Å². The summed E-state index contributed by atoms with van der Waals surface area (Å²) in [5, 5.41) is 0. The lowest BCUT2D eigenvalue weighted by Crippen LogP contribution is -2.45. The van der Waals surface area contributed by atoms with Crippen LogP contribution in [0.5, 0.6) is 0 Å². The van der Waals surface area contributed by atoms with Gasteiger partial charge in [0.15, 0.2) is 4.84 Å². The van der Waals surface area contributed by atoms with Gasteiger partial charge in [0.05, 0.1) is 6.10 Å². The van der Waals surface area contributed by atoms with Crippen LogP contribution >= 0.6 is 23.2 Å². The van der Waals surface area contributed by atoms with E-state index < -0.39 is 10.6 Å². The third-order valence-corrected chi connectivity index (χ3v) is 3.20. The highest BCUT2D eigenvalue weighted by Crippen LogP contribution is 2.30. The Morgan fingerprint density at radius 3 is 2.69 bits per heavy atom. The summed E-state index contributed by atoms with van der Waals surface area (Å²) in [7, 11) is 0. The summed E-state index contributed by atoms with van der Waals surface area (Å²) < 4.78 is 5.82. The monoisotopic (exact) mass is 267 g/mol. The van der Waals surface area contributed by atoms with Crippen LogP contribution in [0.1, 0.15) is 40.0 Å². The van der Waals surface area contributed by atoms with Crippen LogP contribution in [0.25, 0.3) is 0 Å². The Labute approximate surface area is 107 Å². The quantitative estimate of drug-likeness (QED) is 0.734. The molecular weight excluding hydrogens is 249 g/mol. The van der Waals surface area contributed by atoms with Crippen LogP contribution in [0, 0.1) is 0 Å². The number of ether oxygens (including phenoxy) is 1. The first kappa shape index (κ1) is 14.1. The molecule has 16 heavy (non-hydrogen) atoms. The zero-order valence-electron chi connectivity index (χ0n) is 10.0. The van der Waals surface area contributed by atoms with E-state index in [0.29, 0.717) is 6.54 Å². The van der Waals surface area contributed by atoms with Gasteiger partial charge in [-0.1, -0.05) is 43.0 Å². The molecule has 5 heteroatoms. The van der Waals surface area contributed by atoms with E-state index in [0.717, 1.165) is 19.3 Å². The van der Waals surface area contributed by atoms with Crippen molar-refractivity contribution in [3.63, 3.8) is 0 Å². The maximum Gasteiger partial charge on any atom is 0.258 e. The predicted molar refractivity (Wildman–Crippen MR) is 65.7 cm³/mol. The van der Waals surface area contributed by atoms with Gasteiger partial charge in [-0.2, -0.15) is 0 Å². The number of halogens is 2. The molecule has 0 N–H and O–H groups in total. The van der Waals surface area contributed by atoms with Crippen molar-refractivity contribution in [1.29, 1.82) is 0 Å². The number of carbonyl (C=O) groups excluding carboxylic acids is 1. The molecule has 1 amide bonds. The van der Waals surface area contributed by atoms with E-state index in [1.807, 2.05) is 13.8 Å². The second-order valence-corrected chi connectivity index (χ2v) is 5.67. The molecule has 1 unspecified atom stereocenters. The molecule has 0 saturated carbocycles. The number of amides is 1. The number of nitrogens with zero attached hydrogens (tertiary/aromatic N) is 1. The number of carbonyl (C=O) groups is 1. The normalized spacial score (nSPS) is 24.1. The van der Waals surface area contributed by atoms with E-state index in [1.54, 1.807) is 4.90 Å². The molecule has 0 bridgehead atoms. The van der Waals surface area contributed by atoms with E-state index in [4.69, 9.17) is 27.9 Å². The summed E-state index contributed by atoms with van der Waals surface area (Å²) >= 11 is 11.2. The number of hydrogen-bond acceptors (Lipinski definition) is 2. The minimum absolute atomic E-state index is 0.103. The zero-order valence-corrected chi connectivity index (χ0v) is 11.5. The second-order valence-electron chi connectivity index (χ2n) is 4.58. The second kappa shape index (κ2) is 5.56. The van der Waals surface area contributed by atoms with E-state index in [-0.39, 0.29) is 12.0 Å². The molecule has 0 aromatic heterocycles. The first-order valence-corrected chi connectivity index (χ1v) is 6.53. The summed E-state index contributed by atoms with van der Waals surface area (Å²) in [6, 6.07) is 0. The lowest BCUT2D eigenvalue weighted by atomic mass is 10.1. The van der Waals surface area contributed by atoms with E-state index in [2.05, 4.69) is 6.92 Å². The molecular formula is C11H19Cl2NO2. The Hall–Kier alpha value is 0.01000. The van der Waals surface area contributed by atoms with E-state index in [1.165, 1.54) is 0 Å². The standard InChI is InChI=1S/C11H19Cl2NO2/c1-4-5-6-8-7-14(10(15)9(12)13)11(2,3)16-8/h8-9H,4-7H2,1-3H3. The van der Waals surface area contributed by atoms with Gasteiger partial charge in [0.2, 0.25) is 0 Å². The summed E-state index contributed by atoms with van der Waals surface area (Å²) in [6.45, 7) is 6.46. The molecule has 1 atom stereocenters. The summed E-state index contributed by atoms with van der Waals surface area (Å²) in [5.41, 5.74) is -0.600. The molecule has 0 spiro atoms. The van der Waals surface area contributed by atoms with Crippen LogP contribution in [-0.4, -0.2) is 34.0 Å². The molecule has 1 rings (SSSR count). The Balaban J connectivity index is 2.62. The van der Waals surface area contributed by atoms with Gasteiger partial charge in [0.25, 0.3) is 5.91 Å². The predicted octanol–water partition coefficient (Wildman–Crippen LogP) is 2.94. The lowest BCUT2D eigenvalue weighted by Gasteiger charge is -2.30. The zero-order chi connectivity index (χ0) is 12.3. The van der Waals surface area contributed by atoms with Gasteiger partial charge in [-0.3, -0.25) is 4.79 Å². The highest BCUT2D eigenvalue weighted by atomic mass is 35.5. The van der Waals surface area contributed by atoms with Crippen molar-refractivity contribution in [2.75, 3.05) is 6.54 Å². The van der Waals surface area contributed by atoms with Gasteiger partial charge in [0.1, 0.15) is 5.72 Å². The van der Waals surface area contributed by atoms with Gasteiger partial charge in [0, 0.05) is 6.54 Å². The van der Waals surface area contributed by atoms with Crippen molar-refractivity contribution in [1.82, 2.24) is 4.90 Å². The van der Waals surface area contributed by atoms with Gasteiger partial charge < -0.3 is 9.64 Å². The fourth-order valence-corrected chi connectivity index (χ4v) is 2.22. The smallest absolute Gasteiger partial charge is 0.258 e. The third-order valence-electron chi connectivity index (χ3n) is 2.82. The first-order valence-electron chi connectivity index (χ1n) is 5.66. The van der Waals surface area contributed by atoms with E-state index >= 15 is 0 Å². The molecule has 0 aromatic carbocycles. The Kier molecular flexibility index (Phi) is 4.89. The molecule has 94 valence electrons. The Bertz CT molecular complexity index is 256. The minimum Gasteiger partial charge on any atom is -0.351 e. The first-order chi connectivity index (χ1) is 7.38. The Morgan fingerprint density at radius 2 is 2.19 bits per heavy atom. The van der Waals surface area contributed by atoms with Crippen LogP contribution in [-0.2, 0) is 9.53 Å². The van der Waals surface area contributed by atoms with Gasteiger partial charge in [-0.05, 0) is 20.3 Å². The molecule has 0 radical (unpaired) electrons. The van der Waals surface area contributed by atoms with Crippen molar-refractivity contribution in [2.24, 2.45) is 0 Å². The van der Waals surface area contributed by atoms with E-state index in [9.17, 15) is 4.79 Å². The molecule has 0 aromatic rings. The van der Waals surface area contributed by atoms with Gasteiger partial charge in [-0.25, -0.2) is 0 Å². The average molecular weight is 268 g/mol. The summed E-state index contributed by atoms with van der Waals surface area (Å²) in [4.78, 5) is 12.4. The van der Waals surface area contributed by atoms with Crippen LogP contribution < -0.4 is 0 Å². The fourth-order valence-electron chi connectivity index (χ4n) is 1.99. The van der Waals surface area contributed by atoms with Crippen LogP contribution in [0.4, 0.5) is 0 Å². The van der Waals surface area contributed by atoms with Crippen molar-refractivity contribution >= 4 is 29.1 Å². The van der Waals surface area contributed by atoms with Crippen LogP contribution in [0.2, 0.25) is 0 Å². The molecule has 1 fully saturated rings. The average Bonchev–Trinajstić information content (AvgIpc) is 2.49. The molecule has 1 aliphatic rings. The number of rotatable bonds is 4. The molecule has 1 heterocycles. The number of alkyl halides is 2. The van der Waals surface area contributed by atoms with Crippen molar-refractivity contribution in [2.45, 2.75) is 56.7 Å². The SMILES string of the molecule is CCCCC1CN(C(=O)C(Cl)Cl)C(C)(C)O1. The maximum atomic E-state index is 11.8. The molecule has 1 aliphatic heterocycles. The maximum absolute atomic E-state index is 11.8. The summed E-state index contributed by atoms with van der Waals surface area (Å²) in [5.74, 6) is -0.271. The van der Waals surface area contributed by atoms with Crippen molar-refractivity contribution in [3.05, 3.63) is 0 Å². The largest absolute Gasteiger partial charge is 0.351 e. The molecule has 1 saturated heterocycles. The summed E-state index contributed by atoms with van der Waals surface area (Å²) in [6.07, 6.45) is 3.31. The number of unbranched alkanes of at least 4 members (excludes halogenated alkanes) is 1. The van der Waals surface area contributed by atoms with Crippen molar-refractivity contribution < 1.29 is 9.53 Å². The van der Waals surface area contributed by atoms with Gasteiger partial charge >= 0.3 is 0 Å². The topological polar surface area (TPSA) is 29.5 Å².